The Labute approximate surface area is 143 Å². The van der Waals surface area contributed by atoms with E-state index in [-0.39, 0.29) is 30.3 Å². The molecule has 0 unspecified atom stereocenters. The molecule has 0 atom stereocenters. The number of halogens is 2. The van der Waals surface area contributed by atoms with Gasteiger partial charge in [-0.2, -0.15) is 5.26 Å². The standard InChI is InChI=1S/C9H6FNO2.C8H6FNO.CH4/c1-13-9(12)8-3-2-7(10)4-6(8)5-11;9-6-1-2-7-5(3-6)4-10-8(7)11;/h2-4H,1H3;1-3H,4H2,(H,10,11);1H4. The molecule has 0 saturated carbocycles. The minimum Gasteiger partial charge on any atom is -0.465 e. The zero-order chi connectivity index (χ0) is 17.7. The molecule has 0 radical (unpaired) electrons. The maximum absolute atomic E-state index is 12.6. The second-order valence-corrected chi connectivity index (χ2v) is 4.78. The topological polar surface area (TPSA) is 79.2 Å². The quantitative estimate of drug-likeness (QED) is 0.804. The zero-order valence-corrected chi connectivity index (χ0v) is 12.6. The highest BCUT2D eigenvalue weighted by Crippen LogP contribution is 2.15. The maximum atomic E-state index is 12.6. The molecule has 7 heteroatoms. The van der Waals surface area contributed by atoms with Crippen molar-refractivity contribution in [2.24, 2.45) is 0 Å². The van der Waals surface area contributed by atoms with Crippen LogP contribution in [-0.4, -0.2) is 19.0 Å². The van der Waals surface area contributed by atoms with E-state index >= 15 is 0 Å². The number of nitrogens with one attached hydrogen (secondary N) is 1. The van der Waals surface area contributed by atoms with Crippen molar-refractivity contribution in [2.75, 3.05) is 7.11 Å². The number of hydrogen-bond acceptors (Lipinski definition) is 4. The first-order valence-electron chi connectivity index (χ1n) is 6.81. The van der Waals surface area contributed by atoms with Gasteiger partial charge in [0, 0.05) is 12.1 Å². The smallest absolute Gasteiger partial charge is 0.339 e. The molecule has 2 aromatic carbocycles. The Morgan fingerprint density at radius 3 is 2.48 bits per heavy atom. The number of ether oxygens (including phenoxy) is 1. The Balaban J connectivity index is 0.000000243. The van der Waals surface area contributed by atoms with Gasteiger partial charge in [-0.25, -0.2) is 13.6 Å². The molecule has 1 aliphatic rings. The van der Waals surface area contributed by atoms with Gasteiger partial charge in [-0.05, 0) is 42.0 Å². The van der Waals surface area contributed by atoms with Crippen molar-refractivity contribution in [2.45, 2.75) is 14.0 Å². The van der Waals surface area contributed by atoms with Crippen molar-refractivity contribution in [1.82, 2.24) is 5.32 Å². The van der Waals surface area contributed by atoms with Crippen molar-refractivity contribution in [3.05, 3.63) is 70.3 Å². The molecule has 1 aliphatic heterocycles. The Bertz CT molecular complexity index is 845. The number of fused-ring (bicyclic) bond motifs is 1. The van der Waals surface area contributed by atoms with Crippen LogP contribution < -0.4 is 5.32 Å². The van der Waals surface area contributed by atoms with Crippen LogP contribution in [0.5, 0.6) is 0 Å². The molecule has 25 heavy (non-hydrogen) atoms. The largest absolute Gasteiger partial charge is 0.465 e. The molecular weight excluding hydrogens is 330 g/mol. The lowest BCUT2D eigenvalue weighted by atomic mass is 10.1. The Hall–Kier alpha value is -3.27. The zero-order valence-electron chi connectivity index (χ0n) is 12.6. The highest BCUT2D eigenvalue weighted by Gasteiger charge is 2.18. The van der Waals surface area contributed by atoms with Gasteiger partial charge >= 0.3 is 5.97 Å². The van der Waals surface area contributed by atoms with Crippen molar-refractivity contribution in [3.63, 3.8) is 0 Å². The normalized spacial score (nSPS) is 11.0. The van der Waals surface area contributed by atoms with Crippen LogP contribution in [-0.2, 0) is 11.3 Å². The second kappa shape index (κ2) is 8.55. The summed E-state index contributed by atoms with van der Waals surface area (Å²) in [7, 11) is 1.20. The molecule has 2 aromatic rings. The summed E-state index contributed by atoms with van der Waals surface area (Å²) in [6.07, 6.45) is 0. The average Bonchev–Trinajstić information content (AvgIpc) is 2.95. The van der Waals surface area contributed by atoms with E-state index in [9.17, 15) is 18.4 Å². The summed E-state index contributed by atoms with van der Waals surface area (Å²) >= 11 is 0. The molecule has 5 nitrogen and oxygen atoms in total. The molecule has 1 amide bonds. The first-order chi connectivity index (χ1) is 11.5. The number of amides is 1. The van der Waals surface area contributed by atoms with Gasteiger partial charge in [0.25, 0.3) is 5.91 Å². The van der Waals surface area contributed by atoms with Crippen molar-refractivity contribution in [3.8, 4) is 6.07 Å². The highest BCUT2D eigenvalue weighted by molar-refractivity contribution is 5.98. The van der Waals surface area contributed by atoms with Crippen molar-refractivity contribution < 1.29 is 23.1 Å². The minimum atomic E-state index is -0.642. The van der Waals surface area contributed by atoms with Crippen LogP contribution in [0.4, 0.5) is 8.78 Å². The number of methoxy groups -OCH3 is 1. The number of nitriles is 1. The van der Waals surface area contributed by atoms with Crippen LogP contribution in [0.1, 0.15) is 39.3 Å². The number of hydrogen-bond donors (Lipinski definition) is 1. The molecule has 0 aromatic heterocycles. The number of esters is 1. The van der Waals surface area contributed by atoms with E-state index in [0.29, 0.717) is 12.1 Å². The monoisotopic (exact) mass is 346 g/mol. The predicted molar refractivity (Wildman–Crippen MR) is 86.8 cm³/mol. The Morgan fingerprint density at radius 2 is 1.84 bits per heavy atom. The van der Waals surface area contributed by atoms with E-state index in [4.69, 9.17) is 5.26 Å². The van der Waals surface area contributed by atoms with Gasteiger partial charge in [0.2, 0.25) is 0 Å². The van der Waals surface area contributed by atoms with Gasteiger partial charge in [0.05, 0.1) is 18.2 Å². The molecule has 130 valence electrons. The Kier molecular flexibility index (Phi) is 6.76. The lowest BCUT2D eigenvalue weighted by molar-refractivity contribution is 0.0600. The molecule has 0 aliphatic carbocycles. The van der Waals surface area contributed by atoms with Crippen LogP contribution in [0, 0.1) is 23.0 Å². The minimum absolute atomic E-state index is 0. The van der Waals surface area contributed by atoms with Crippen LogP contribution >= 0.6 is 0 Å². The molecular formula is C18H16F2N2O3. The van der Waals surface area contributed by atoms with E-state index in [1.54, 1.807) is 6.07 Å². The summed E-state index contributed by atoms with van der Waals surface area (Å²) in [5, 5.41) is 11.2. The second-order valence-electron chi connectivity index (χ2n) is 4.78. The molecule has 3 rings (SSSR count). The molecule has 1 N–H and O–H groups in total. The van der Waals surface area contributed by atoms with E-state index in [1.165, 1.54) is 31.4 Å². The van der Waals surface area contributed by atoms with Crippen LogP contribution in [0.15, 0.2) is 36.4 Å². The number of rotatable bonds is 1. The third kappa shape index (κ3) is 4.61. The van der Waals surface area contributed by atoms with Crippen LogP contribution in [0.3, 0.4) is 0 Å². The van der Waals surface area contributed by atoms with E-state index in [0.717, 1.165) is 17.7 Å². The summed E-state index contributed by atoms with van der Waals surface area (Å²) < 4.78 is 29.6. The van der Waals surface area contributed by atoms with Gasteiger partial charge in [-0.3, -0.25) is 4.79 Å². The maximum Gasteiger partial charge on any atom is 0.339 e. The molecule has 0 fully saturated rings. The summed E-state index contributed by atoms with van der Waals surface area (Å²) in [4.78, 5) is 22.0. The van der Waals surface area contributed by atoms with Gasteiger partial charge in [0.15, 0.2) is 0 Å². The lowest BCUT2D eigenvalue weighted by Crippen LogP contribution is -2.12. The number of carbonyl (C=O) groups excluding carboxylic acids is 2. The number of benzene rings is 2. The number of nitrogens with zero attached hydrogens (tertiary/aromatic N) is 1. The van der Waals surface area contributed by atoms with E-state index < -0.39 is 11.8 Å². The molecule has 0 saturated heterocycles. The third-order valence-electron chi connectivity index (χ3n) is 3.26. The van der Waals surface area contributed by atoms with Gasteiger partial charge in [-0.15, -0.1) is 0 Å². The fourth-order valence-electron chi connectivity index (χ4n) is 2.10. The fourth-order valence-corrected chi connectivity index (χ4v) is 2.10. The summed E-state index contributed by atoms with van der Waals surface area (Å²) in [6.45, 7) is 0.450. The lowest BCUT2D eigenvalue weighted by Gasteiger charge is -2.00. The van der Waals surface area contributed by atoms with Crippen molar-refractivity contribution >= 4 is 11.9 Å². The van der Waals surface area contributed by atoms with Crippen LogP contribution in [0.2, 0.25) is 0 Å². The SMILES string of the molecule is C.COC(=O)c1ccc(F)cc1C#N.O=C1NCc2cc(F)ccc21. The average molecular weight is 346 g/mol. The molecule has 0 spiro atoms. The summed E-state index contributed by atoms with van der Waals surface area (Å²) in [5.41, 5.74) is 1.39. The van der Waals surface area contributed by atoms with Gasteiger partial charge in [-0.1, -0.05) is 7.43 Å². The Morgan fingerprint density at radius 1 is 1.20 bits per heavy atom. The first-order valence-corrected chi connectivity index (χ1v) is 6.81. The highest BCUT2D eigenvalue weighted by atomic mass is 19.1. The predicted octanol–water partition coefficient (Wildman–Crippen LogP) is 3.19. The fraction of sp³-hybridized carbons (Fsp3) is 0.167. The number of carbonyl (C=O) groups is 2. The first kappa shape index (κ1) is 19.8. The third-order valence-corrected chi connectivity index (χ3v) is 3.26. The van der Waals surface area contributed by atoms with Gasteiger partial charge < -0.3 is 10.1 Å². The molecule has 1 heterocycles. The van der Waals surface area contributed by atoms with Crippen molar-refractivity contribution in [1.29, 1.82) is 5.26 Å². The van der Waals surface area contributed by atoms with E-state index in [2.05, 4.69) is 10.1 Å². The van der Waals surface area contributed by atoms with E-state index in [1.807, 2.05) is 0 Å². The summed E-state index contributed by atoms with van der Waals surface area (Å²) in [6, 6.07) is 9.21. The van der Waals surface area contributed by atoms with Crippen LogP contribution in [0.25, 0.3) is 0 Å². The molecule has 0 bridgehead atoms. The van der Waals surface area contributed by atoms with Gasteiger partial charge in [0.1, 0.15) is 17.7 Å². The summed E-state index contributed by atoms with van der Waals surface area (Å²) in [5.74, 6) is -1.60.